The molecule has 2 aliphatic heterocycles. The third-order valence-electron chi connectivity index (χ3n) is 16.6. The zero-order valence-corrected chi connectivity index (χ0v) is 55.9. The second-order valence-electron chi connectivity index (χ2n) is 25.9. The van der Waals surface area contributed by atoms with Crippen molar-refractivity contribution in [1.29, 1.82) is 0 Å². The van der Waals surface area contributed by atoms with Gasteiger partial charge in [-0.05, 0) is 154 Å². The lowest BCUT2D eigenvalue weighted by Gasteiger charge is -2.35. The number of hydrogen-bond donors (Lipinski definition) is 4. The molecule has 4 aromatic carbocycles. The molecule has 482 valence electrons. The number of unbranched alkanes of at least 4 members (excludes halogenated alkanes) is 4. The van der Waals surface area contributed by atoms with E-state index in [2.05, 4.69) is 46.9 Å². The van der Waals surface area contributed by atoms with E-state index < -0.39 is 35.2 Å². The summed E-state index contributed by atoms with van der Waals surface area (Å²) in [6.45, 7) is 16.4. The van der Waals surface area contributed by atoms with Crippen molar-refractivity contribution in [2.75, 3.05) is 29.9 Å². The van der Waals surface area contributed by atoms with Gasteiger partial charge in [-0.1, -0.05) is 118 Å². The maximum atomic E-state index is 14.2. The van der Waals surface area contributed by atoms with Gasteiger partial charge < -0.3 is 35.0 Å². The molecule has 0 bridgehead atoms. The van der Waals surface area contributed by atoms with Crippen LogP contribution in [0, 0.1) is 12.3 Å². The lowest BCUT2D eigenvalue weighted by molar-refractivity contribution is -0.144. The molecule has 18 nitrogen and oxygen atoms in total. The van der Waals surface area contributed by atoms with Crippen LogP contribution in [-0.2, 0) is 44.9 Å². The second kappa shape index (κ2) is 29.6. The summed E-state index contributed by atoms with van der Waals surface area (Å²) in [6, 6.07) is 28.8. The molecule has 4 amide bonds. The normalized spacial score (nSPS) is 15.6. The van der Waals surface area contributed by atoms with E-state index in [9.17, 15) is 29.1 Å². The summed E-state index contributed by atoms with van der Waals surface area (Å²) in [4.78, 5) is 96.6. The van der Waals surface area contributed by atoms with Crippen molar-refractivity contribution in [2.24, 2.45) is 5.41 Å². The fraction of sp³-hybridized carbons (Fsp3) is 0.408. The standard InChI is InChI=1S/C71H81ClN10O8S2/c1-43(46-25-27-49(28-26-46)62-44(2)75-42-91-62)76-66(86)56-37-51(83)40-82(56)67(87)63(70(3,4)5)79-60(84)24-13-11-9-10-12-18-45-38-73-64(74-39-45)50-29-31-57(54(72)36-50)89-35-17-20-48-30-32-59(78-61(48)68(88)90-71(6,7)8)81-34-33-47-19-16-21-52(53(47)41-81)65(85)80-69-77-55-22-14-15-23-58(55)92-69/h14-16,19,21-23,25-32,36,38-39,42-43,51,56,63,83H,9-13,17-18,20,24,33-35,37,40-41H2,1-8H3,(H,76,86)(H,79,84)(H,77,80,85)/t43-,51+,56-,63+/m0/s1. The zero-order chi connectivity index (χ0) is 65.3. The average molecular weight is 1300 g/mol. The van der Waals surface area contributed by atoms with Gasteiger partial charge in [-0.25, -0.2) is 29.7 Å². The molecule has 1 fully saturated rings. The fourth-order valence-electron chi connectivity index (χ4n) is 11.7. The molecular formula is C71H81ClN10O8S2. The van der Waals surface area contributed by atoms with Gasteiger partial charge in [0, 0.05) is 56.0 Å². The van der Waals surface area contributed by atoms with Crippen molar-refractivity contribution in [3.05, 3.63) is 165 Å². The molecule has 4 N–H and O–H groups in total. The Morgan fingerprint density at radius 1 is 0.815 bits per heavy atom. The first-order valence-corrected chi connectivity index (χ1v) is 33.7. The van der Waals surface area contributed by atoms with Crippen LogP contribution < -0.4 is 25.6 Å². The molecule has 0 unspecified atom stereocenters. The number of likely N-dealkylation sites (tertiary alicyclic amines) is 1. The van der Waals surface area contributed by atoms with Crippen molar-refractivity contribution >= 4 is 85.0 Å². The molecule has 1 saturated heterocycles. The molecule has 0 spiro atoms. The van der Waals surface area contributed by atoms with Crippen molar-refractivity contribution in [3.8, 4) is 27.6 Å². The van der Waals surface area contributed by atoms with Gasteiger partial charge in [0.25, 0.3) is 5.91 Å². The molecule has 6 heterocycles. The summed E-state index contributed by atoms with van der Waals surface area (Å²) >= 11 is 9.79. The average Bonchev–Trinajstić information content (AvgIpc) is 1.26. The van der Waals surface area contributed by atoms with Crippen molar-refractivity contribution in [1.82, 2.24) is 40.5 Å². The Morgan fingerprint density at radius 2 is 1.57 bits per heavy atom. The topological polar surface area (TPSA) is 231 Å². The number of thiazole rings is 2. The number of rotatable bonds is 24. The predicted molar refractivity (Wildman–Crippen MR) is 362 cm³/mol. The Labute approximate surface area is 551 Å². The van der Waals surface area contributed by atoms with Crippen LogP contribution in [0.2, 0.25) is 5.02 Å². The second-order valence-corrected chi connectivity index (χ2v) is 28.2. The molecule has 4 aromatic heterocycles. The van der Waals surface area contributed by atoms with E-state index in [1.807, 2.05) is 158 Å². The molecule has 0 aliphatic carbocycles. The summed E-state index contributed by atoms with van der Waals surface area (Å²) < 4.78 is 13.0. The predicted octanol–water partition coefficient (Wildman–Crippen LogP) is 13.3. The zero-order valence-electron chi connectivity index (χ0n) is 53.5. The maximum Gasteiger partial charge on any atom is 0.357 e. The van der Waals surface area contributed by atoms with Gasteiger partial charge in [0.05, 0.1) is 50.1 Å². The summed E-state index contributed by atoms with van der Waals surface area (Å²) in [5.74, 6) is -0.0279. The Kier molecular flexibility index (Phi) is 21.5. The Morgan fingerprint density at radius 3 is 2.29 bits per heavy atom. The molecule has 21 heteroatoms. The van der Waals surface area contributed by atoms with Crippen molar-refractivity contribution < 1.29 is 38.6 Å². The first kappa shape index (κ1) is 66.7. The molecule has 10 rings (SSSR count). The van der Waals surface area contributed by atoms with Crippen LogP contribution in [0.3, 0.4) is 0 Å². The van der Waals surface area contributed by atoms with E-state index in [0.29, 0.717) is 78.5 Å². The number of ether oxygens (including phenoxy) is 2. The molecule has 8 aromatic rings. The number of aliphatic hydroxyl groups excluding tert-OH is 1. The lowest BCUT2D eigenvalue weighted by atomic mass is 9.85. The number of nitrogens with zero attached hydrogens (tertiary/aromatic N) is 7. The number of amides is 4. The number of aryl methyl sites for hydroxylation is 3. The number of esters is 1. The molecular weight excluding hydrogens is 1220 g/mol. The highest BCUT2D eigenvalue weighted by Crippen LogP contribution is 2.34. The van der Waals surface area contributed by atoms with E-state index in [0.717, 1.165) is 91.8 Å². The number of hydrogen-bond acceptors (Lipinski definition) is 16. The van der Waals surface area contributed by atoms with E-state index in [4.69, 9.17) is 26.1 Å². The minimum atomic E-state index is -0.888. The highest BCUT2D eigenvalue weighted by molar-refractivity contribution is 7.22. The number of halogens is 1. The van der Waals surface area contributed by atoms with Gasteiger partial charge in [-0.2, -0.15) is 0 Å². The van der Waals surface area contributed by atoms with Crippen LogP contribution in [-0.4, -0.2) is 108 Å². The minimum absolute atomic E-state index is 0.00809. The quantitative estimate of drug-likeness (QED) is 0.0326. The van der Waals surface area contributed by atoms with E-state index in [-0.39, 0.29) is 54.8 Å². The van der Waals surface area contributed by atoms with Gasteiger partial charge in [0.15, 0.2) is 16.6 Å². The third kappa shape index (κ3) is 16.9. The molecule has 0 radical (unpaired) electrons. The van der Waals surface area contributed by atoms with Crippen LogP contribution in [0.5, 0.6) is 5.75 Å². The fourth-order valence-corrected chi connectivity index (χ4v) is 13.6. The SMILES string of the molecule is Cc1ncsc1-c1ccc([C@H](C)NC(=O)[C@@H]2C[C@@H](O)CN2C(=O)[C@@H](NC(=O)CCCCCCCc2cnc(-c3ccc(OCCCc4ccc(N5CCc6cccc(C(=O)Nc7nc8ccccc8s7)c6C5)nc4C(=O)OC(C)(C)C)c(Cl)c3)nc2)C(C)(C)C)cc1. The number of anilines is 2. The first-order chi connectivity index (χ1) is 44.0. The van der Waals surface area contributed by atoms with Gasteiger partial charge in [0.1, 0.15) is 29.3 Å². The highest BCUT2D eigenvalue weighted by atomic mass is 35.5. The molecule has 2 aliphatic rings. The van der Waals surface area contributed by atoms with Gasteiger partial charge in [0.2, 0.25) is 17.7 Å². The number of benzene rings is 4. The number of carbonyl (C=O) groups excluding carboxylic acids is 5. The third-order valence-corrected chi connectivity index (χ3v) is 18.8. The smallest absolute Gasteiger partial charge is 0.357 e. The summed E-state index contributed by atoms with van der Waals surface area (Å²) in [7, 11) is 0. The number of para-hydroxylation sites is 1. The van der Waals surface area contributed by atoms with Gasteiger partial charge in [-0.15, -0.1) is 11.3 Å². The van der Waals surface area contributed by atoms with Crippen LogP contribution in [0.15, 0.2) is 115 Å². The lowest BCUT2D eigenvalue weighted by Crippen LogP contribution is -2.57. The number of carbonyl (C=O) groups is 5. The van der Waals surface area contributed by atoms with Crippen LogP contribution >= 0.6 is 34.3 Å². The first-order valence-electron chi connectivity index (χ1n) is 31.6. The largest absolute Gasteiger partial charge is 0.492 e. The number of aromatic nitrogens is 5. The maximum absolute atomic E-state index is 14.2. The monoisotopic (exact) mass is 1300 g/mol. The molecule has 4 atom stereocenters. The molecule has 92 heavy (non-hydrogen) atoms. The van der Waals surface area contributed by atoms with Gasteiger partial charge in [-0.3, -0.25) is 24.5 Å². The number of aliphatic hydroxyl groups is 1. The highest BCUT2D eigenvalue weighted by Gasteiger charge is 2.45. The summed E-state index contributed by atoms with van der Waals surface area (Å²) in [5.41, 5.74) is 9.49. The number of nitrogens with one attached hydrogen (secondary N) is 3. The Balaban J connectivity index is 0.649. The molecule has 0 saturated carbocycles. The summed E-state index contributed by atoms with van der Waals surface area (Å²) in [6.07, 6.45) is 10.1. The Hall–Kier alpha value is -8.17. The minimum Gasteiger partial charge on any atom is -0.492 e. The number of fused-ring (bicyclic) bond motifs is 2. The number of pyridine rings is 1. The van der Waals surface area contributed by atoms with Crippen LogP contribution in [0.4, 0.5) is 10.9 Å². The van der Waals surface area contributed by atoms with Gasteiger partial charge >= 0.3 is 5.97 Å². The summed E-state index contributed by atoms with van der Waals surface area (Å²) in [5, 5.41) is 20.7. The van der Waals surface area contributed by atoms with Crippen molar-refractivity contribution in [2.45, 2.75) is 162 Å². The Bertz CT molecular complexity index is 3900. The van der Waals surface area contributed by atoms with Crippen molar-refractivity contribution in [3.63, 3.8) is 0 Å². The van der Waals surface area contributed by atoms with Crippen LogP contribution in [0.1, 0.15) is 160 Å². The van der Waals surface area contributed by atoms with E-state index in [1.54, 1.807) is 17.4 Å². The van der Waals surface area contributed by atoms with Crippen LogP contribution in [0.25, 0.3) is 32.0 Å². The number of β-amino-alcohol motifs (C(OH)–C–C–N with tert-alkyl or cyclic N) is 1. The van der Waals surface area contributed by atoms with E-state index >= 15 is 0 Å². The van der Waals surface area contributed by atoms with E-state index in [1.165, 1.54) is 16.2 Å².